The second-order valence-corrected chi connectivity index (χ2v) is 7.13. The second kappa shape index (κ2) is 7.02. The summed E-state index contributed by atoms with van der Waals surface area (Å²) in [7, 11) is 1.93. The molecule has 6 heteroatoms. The minimum absolute atomic E-state index is 0.0320. The van der Waals surface area contributed by atoms with E-state index in [9.17, 15) is 9.90 Å². The molecule has 0 saturated heterocycles. The Bertz CT molecular complexity index is 490. The van der Waals surface area contributed by atoms with E-state index in [0.717, 1.165) is 34.0 Å². The highest BCUT2D eigenvalue weighted by atomic mass is 79.9. The molecular weight excluding hydrogens is 388 g/mol. The normalized spacial score (nSPS) is 21.6. The van der Waals surface area contributed by atoms with Gasteiger partial charge in [-0.1, -0.05) is 15.9 Å². The fourth-order valence-electron chi connectivity index (χ4n) is 2.38. The molecule has 0 radical (unpaired) electrons. The Morgan fingerprint density at radius 1 is 1.45 bits per heavy atom. The lowest BCUT2D eigenvalue weighted by Gasteiger charge is -2.34. The highest BCUT2D eigenvalue weighted by Crippen LogP contribution is 2.28. The molecular formula is C14H18Br2N2O2. The number of carbonyl (C=O) groups is 1. The van der Waals surface area contributed by atoms with Gasteiger partial charge in [0.1, 0.15) is 0 Å². The van der Waals surface area contributed by atoms with Crippen molar-refractivity contribution in [3.8, 4) is 0 Å². The van der Waals surface area contributed by atoms with E-state index in [1.807, 2.05) is 30.1 Å². The Labute approximate surface area is 135 Å². The molecule has 0 unspecified atom stereocenters. The van der Waals surface area contributed by atoms with Gasteiger partial charge in [-0.15, -0.1) is 0 Å². The molecule has 0 heterocycles. The van der Waals surface area contributed by atoms with E-state index < -0.39 is 0 Å². The standard InChI is InChI=1S/C14H18Br2N2O2/c1-18(7-9-4-11(19)5-9)8-14(20)17-13-3-2-10(15)6-12(13)16/h2-3,6,9,11,19H,4-5,7-8H2,1H3,(H,17,20). The third-order valence-electron chi connectivity index (χ3n) is 3.40. The number of aliphatic hydroxyl groups is 1. The van der Waals surface area contributed by atoms with E-state index in [1.165, 1.54) is 0 Å². The van der Waals surface area contributed by atoms with E-state index in [1.54, 1.807) is 0 Å². The minimum Gasteiger partial charge on any atom is -0.393 e. The Morgan fingerprint density at radius 3 is 2.75 bits per heavy atom. The summed E-state index contributed by atoms with van der Waals surface area (Å²) in [4.78, 5) is 14.0. The predicted octanol–water partition coefficient (Wildman–Crippen LogP) is 2.85. The summed E-state index contributed by atoms with van der Waals surface area (Å²) in [6.07, 6.45) is 1.56. The highest BCUT2D eigenvalue weighted by Gasteiger charge is 2.28. The van der Waals surface area contributed by atoms with Crippen LogP contribution in [-0.2, 0) is 4.79 Å². The minimum atomic E-state index is -0.138. The van der Waals surface area contributed by atoms with Crippen molar-refractivity contribution < 1.29 is 9.90 Å². The van der Waals surface area contributed by atoms with Crippen LogP contribution < -0.4 is 5.32 Å². The lowest BCUT2D eigenvalue weighted by Crippen LogP contribution is -2.39. The molecule has 0 spiro atoms. The third kappa shape index (κ3) is 4.55. The molecule has 1 aliphatic rings. The van der Waals surface area contributed by atoms with Crippen LogP contribution in [0.15, 0.2) is 27.1 Å². The fourth-order valence-corrected chi connectivity index (χ4v) is 3.53. The average molecular weight is 406 g/mol. The number of halogens is 2. The summed E-state index contributed by atoms with van der Waals surface area (Å²) < 4.78 is 1.81. The van der Waals surface area contributed by atoms with Gasteiger partial charge < -0.3 is 10.4 Å². The molecule has 1 aliphatic carbocycles. The molecule has 1 amide bonds. The van der Waals surface area contributed by atoms with Gasteiger partial charge in [-0.3, -0.25) is 9.69 Å². The Hall–Kier alpha value is -0.430. The zero-order valence-electron chi connectivity index (χ0n) is 11.3. The summed E-state index contributed by atoms with van der Waals surface area (Å²) in [6, 6.07) is 5.64. The lowest BCUT2D eigenvalue weighted by molar-refractivity contribution is -0.117. The summed E-state index contributed by atoms with van der Waals surface area (Å²) in [5.74, 6) is 0.484. The molecule has 110 valence electrons. The lowest BCUT2D eigenvalue weighted by atomic mass is 9.82. The van der Waals surface area contributed by atoms with Crippen LogP contribution in [0.2, 0.25) is 0 Å². The molecule has 2 N–H and O–H groups in total. The van der Waals surface area contributed by atoms with Gasteiger partial charge in [0.05, 0.1) is 18.3 Å². The molecule has 20 heavy (non-hydrogen) atoms. The van der Waals surface area contributed by atoms with Crippen LogP contribution in [0.4, 0.5) is 5.69 Å². The largest absolute Gasteiger partial charge is 0.393 e. The quantitative estimate of drug-likeness (QED) is 0.791. The number of aliphatic hydroxyl groups excluding tert-OH is 1. The maximum absolute atomic E-state index is 12.0. The van der Waals surface area contributed by atoms with Gasteiger partial charge in [0.15, 0.2) is 0 Å². The average Bonchev–Trinajstić information content (AvgIpc) is 2.30. The first-order valence-electron chi connectivity index (χ1n) is 6.55. The predicted molar refractivity (Wildman–Crippen MR) is 86.7 cm³/mol. The van der Waals surface area contributed by atoms with Gasteiger partial charge in [-0.25, -0.2) is 0 Å². The van der Waals surface area contributed by atoms with Crippen LogP contribution in [0.1, 0.15) is 12.8 Å². The molecule has 4 nitrogen and oxygen atoms in total. The number of benzene rings is 1. The number of hydrogen-bond donors (Lipinski definition) is 2. The highest BCUT2D eigenvalue weighted by molar-refractivity contribution is 9.11. The number of hydrogen-bond acceptors (Lipinski definition) is 3. The van der Waals surface area contributed by atoms with Crippen LogP contribution in [0, 0.1) is 5.92 Å². The van der Waals surface area contributed by atoms with Crippen molar-refractivity contribution in [1.82, 2.24) is 4.90 Å². The molecule has 1 aromatic carbocycles. The Morgan fingerprint density at radius 2 is 2.15 bits per heavy atom. The van der Waals surface area contributed by atoms with Crippen molar-refractivity contribution in [3.05, 3.63) is 27.1 Å². The van der Waals surface area contributed by atoms with Crippen LogP contribution >= 0.6 is 31.9 Å². The second-order valence-electron chi connectivity index (χ2n) is 5.36. The zero-order chi connectivity index (χ0) is 14.7. The molecule has 0 atom stereocenters. The Kier molecular flexibility index (Phi) is 5.60. The van der Waals surface area contributed by atoms with Crippen LogP contribution in [-0.4, -0.2) is 42.2 Å². The molecule has 2 rings (SSSR count). The first-order chi connectivity index (χ1) is 9.44. The number of amides is 1. The maximum atomic E-state index is 12.0. The molecule has 1 fully saturated rings. The molecule has 1 saturated carbocycles. The van der Waals surface area contributed by atoms with Gasteiger partial charge in [0.2, 0.25) is 5.91 Å². The molecule has 0 aromatic heterocycles. The summed E-state index contributed by atoms with van der Waals surface area (Å²) in [5, 5.41) is 12.1. The first-order valence-corrected chi connectivity index (χ1v) is 8.14. The van der Waals surface area contributed by atoms with Crippen molar-refractivity contribution in [3.63, 3.8) is 0 Å². The van der Waals surface area contributed by atoms with Crippen LogP contribution in [0.5, 0.6) is 0 Å². The van der Waals surface area contributed by atoms with Crippen molar-refractivity contribution in [2.75, 3.05) is 25.5 Å². The van der Waals surface area contributed by atoms with Gasteiger partial charge in [0.25, 0.3) is 0 Å². The third-order valence-corrected chi connectivity index (χ3v) is 4.55. The SMILES string of the molecule is CN(CC(=O)Nc1ccc(Br)cc1Br)CC1CC(O)C1. The van der Waals surface area contributed by atoms with E-state index >= 15 is 0 Å². The number of anilines is 1. The van der Waals surface area contributed by atoms with Crippen LogP contribution in [0.25, 0.3) is 0 Å². The fraction of sp³-hybridized carbons (Fsp3) is 0.500. The van der Waals surface area contributed by atoms with Crippen molar-refractivity contribution in [2.45, 2.75) is 18.9 Å². The number of rotatable bonds is 5. The summed E-state index contributed by atoms with van der Waals surface area (Å²) >= 11 is 6.80. The van der Waals surface area contributed by atoms with E-state index in [-0.39, 0.29) is 12.0 Å². The van der Waals surface area contributed by atoms with Gasteiger partial charge in [0, 0.05) is 15.5 Å². The number of nitrogens with zero attached hydrogens (tertiary/aromatic N) is 1. The van der Waals surface area contributed by atoms with E-state index in [4.69, 9.17) is 0 Å². The topological polar surface area (TPSA) is 52.6 Å². The first kappa shape index (κ1) is 15.9. The number of nitrogens with one attached hydrogen (secondary N) is 1. The summed E-state index contributed by atoms with van der Waals surface area (Å²) in [5.41, 5.74) is 0.769. The van der Waals surface area contributed by atoms with Crippen LogP contribution in [0.3, 0.4) is 0 Å². The van der Waals surface area contributed by atoms with Crippen molar-refractivity contribution in [2.24, 2.45) is 5.92 Å². The number of carbonyl (C=O) groups excluding carboxylic acids is 1. The van der Waals surface area contributed by atoms with E-state index in [2.05, 4.69) is 37.2 Å². The molecule has 0 aliphatic heterocycles. The van der Waals surface area contributed by atoms with Crippen molar-refractivity contribution in [1.29, 1.82) is 0 Å². The smallest absolute Gasteiger partial charge is 0.238 e. The Balaban J connectivity index is 1.79. The van der Waals surface area contributed by atoms with E-state index in [0.29, 0.717) is 12.5 Å². The number of likely N-dealkylation sites (N-methyl/N-ethyl adjacent to an activating group) is 1. The maximum Gasteiger partial charge on any atom is 0.238 e. The van der Waals surface area contributed by atoms with Gasteiger partial charge >= 0.3 is 0 Å². The van der Waals surface area contributed by atoms with Gasteiger partial charge in [-0.05, 0) is 59.9 Å². The zero-order valence-corrected chi connectivity index (χ0v) is 14.4. The van der Waals surface area contributed by atoms with Crippen molar-refractivity contribution >= 4 is 43.5 Å². The monoisotopic (exact) mass is 404 g/mol. The summed E-state index contributed by atoms with van der Waals surface area (Å²) in [6.45, 7) is 1.21. The molecule has 0 bridgehead atoms. The van der Waals surface area contributed by atoms with Gasteiger partial charge in [-0.2, -0.15) is 0 Å². The molecule has 1 aromatic rings.